The molecule has 0 radical (unpaired) electrons. The number of rotatable bonds is 8. The summed E-state index contributed by atoms with van der Waals surface area (Å²) in [5.41, 5.74) is 1.53. The van der Waals surface area contributed by atoms with E-state index >= 15 is 0 Å². The summed E-state index contributed by atoms with van der Waals surface area (Å²) >= 11 is 0. The van der Waals surface area contributed by atoms with E-state index < -0.39 is 10.0 Å². The summed E-state index contributed by atoms with van der Waals surface area (Å²) in [6.45, 7) is 5.56. The first-order chi connectivity index (χ1) is 12.4. The fourth-order valence-electron chi connectivity index (χ4n) is 2.20. The van der Waals surface area contributed by atoms with E-state index in [1.54, 1.807) is 61.5 Å². The van der Waals surface area contributed by atoms with Crippen molar-refractivity contribution in [3.8, 4) is 5.75 Å². The molecule has 0 bridgehead atoms. The Labute approximate surface area is 154 Å². The molecule has 0 aliphatic carbocycles. The van der Waals surface area contributed by atoms with Gasteiger partial charge in [0.25, 0.3) is 5.91 Å². The molecule has 1 amide bonds. The largest absolute Gasteiger partial charge is 0.489 e. The monoisotopic (exact) mass is 374 g/mol. The fourth-order valence-corrected chi connectivity index (χ4v) is 3.03. The number of hydrogen-bond acceptors (Lipinski definition) is 4. The Kier molecular flexibility index (Phi) is 6.41. The maximum Gasteiger partial charge on any atom is 0.255 e. The van der Waals surface area contributed by atoms with E-state index in [0.29, 0.717) is 29.3 Å². The van der Waals surface area contributed by atoms with Crippen LogP contribution in [0.3, 0.4) is 0 Å². The van der Waals surface area contributed by atoms with E-state index in [9.17, 15) is 13.2 Å². The third-order valence-corrected chi connectivity index (χ3v) is 5.51. The zero-order chi connectivity index (χ0) is 19.2. The molecule has 2 aromatic rings. The molecule has 0 saturated heterocycles. The van der Waals surface area contributed by atoms with Gasteiger partial charge >= 0.3 is 0 Å². The number of benzene rings is 2. The van der Waals surface area contributed by atoms with Crippen LogP contribution in [0.15, 0.2) is 61.2 Å². The first kappa shape index (κ1) is 19.5. The zero-order valence-corrected chi connectivity index (χ0v) is 15.6. The Morgan fingerprint density at radius 3 is 2.54 bits per heavy atom. The number of nitrogens with zero attached hydrogens (tertiary/aromatic N) is 1. The van der Waals surface area contributed by atoms with E-state index in [1.165, 1.54) is 11.4 Å². The van der Waals surface area contributed by atoms with Crippen molar-refractivity contribution in [2.75, 3.05) is 29.0 Å². The first-order valence-electron chi connectivity index (χ1n) is 8.09. The number of carbonyl (C=O) groups is 1. The highest BCUT2D eigenvalue weighted by Crippen LogP contribution is 2.20. The van der Waals surface area contributed by atoms with Crippen LogP contribution in [0.25, 0.3) is 0 Å². The van der Waals surface area contributed by atoms with Gasteiger partial charge < -0.3 is 10.1 Å². The van der Waals surface area contributed by atoms with Gasteiger partial charge in [-0.2, -0.15) is 0 Å². The van der Waals surface area contributed by atoms with Gasteiger partial charge in [0.05, 0.1) is 11.4 Å². The lowest BCUT2D eigenvalue weighted by Gasteiger charge is -2.18. The number of amides is 1. The molecule has 7 heteroatoms. The van der Waals surface area contributed by atoms with Crippen molar-refractivity contribution >= 4 is 27.3 Å². The van der Waals surface area contributed by atoms with Crippen molar-refractivity contribution in [2.24, 2.45) is 0 Å². The molecule has 0 aromatic heterocycles. The van der Waals surface area contributed by atoms with Crippen LogP contribution in [0, 0.1) is 0 Å². The van der Waals surface area contributed by atoms with Crippen molar-refractivity contribution in [1.82, 2.24) is 0 Å². The van der Waals surface area contributed by atoms with Gasteiger partial charge in [-0.15, -0.1) is 0 Å². The average molecular weight is 374 g/mol. The number of sulfonamides is 1. The summed E-state index contributed by atoms with van der Waals surface area (Å²) in [5, 5.41) is 2.79. The van der Waals surface area contributed by atoms with E-state index in [2.05, 4.69) is 11.9 Å². The Balaban J connectivity index is 2.10. The molecule has 0 aliphatic rings. The predicted octanol–water partition coefficient (Wildman–Crippen LogP) is 3.29. The number of anilines is 2. The first-order valence-corrected chi connectivity index (χ1v) is 9.70. The molecule has 0 fully saturated rings. The lowest BCUT2D eigenvalue weighted by molar-refractivity contribution is 0.102. The molecular formula is C19H22N2O4S. The smallest absolute Gasteiger partial charge is 0.255 e. The number of hydrogen-bond donors (Lipinski definition) is 1. The Hall–Kier alpha value is -2.80. The quantitative estimate of drug-likeness (QED) is 0.720. The van der Waals surface area contributed by atoms with Crippen LogP contribution in [-0.4, -0.2) is 33.7 Å². The Morgan fingerprint density at radius 2 is 1.92 bits per heavy atom. The standard InChI is InChI=1S/C19H22N2O4S/c1-4-13-25-18-8-6-7-16(14-18)20-19(22)15-9-11-17(12-10-15)21(3)26(23,24)5-2/h4,6-12,14H,1,5,13H2,2-3H3,(H,20,22). The minimum absolute atomic E-state index is 0.00992. The van der Waals surface area contributed by atoms with Gasteiger partial charge in [0.15, 0.2) is 0 Å². The van der Waals surface area contributed by atoms with E-state index in [1.807, 2.05) is 0 Å². The third-order valence-electron chi connectivity index (χ3n) is 3.73. The molecule has 0 unspecified atom stereocenters. The van der Waals surface area contributed by atoms with Crippen LogP contribution in [-0.2, 0) is 10.0 Å². The number of carbonyl (C=O) groups excluding carboxylic acids is 1. The third kappa shape index (κ3) is 4.86. The van der Waals surface area contributed by atoms with Gasteiger partial charge in [-0.05, 0) is 43.3 Å². The van der Waals surface area contributed by atoms with Crippen LogP contribution in [0.2, 0.25) is 0 Å². The van der Waals surface area contributed by atoms with Crippen LogP contribution in [0.4, 0.5) is 11.4 Å². The average Bonchev–Trinajstić information content (AvgIpc) is 2.66. The van der Waals surface area contributed by atoms with Gasteiger partial charge in [-0.3, -0.25) is 9.10 Å². The maximum absolute atomic E-state index is 12.4. The molecule has 0 spiro atoms. The predicted molar refractivity (Wildman–Crippen MR) is 104 cm³/mol. The maximum atomic E-state index is 12.4. The summed E-state index contributed by atoms with van der Waals surface area (Å²) in [4.78, 5) is 12.4. The van der Waals surface area contributed by atoms with Crippen molar-refractivity contribution in [1.29, 1.82) is 0 Å². The highest BCUT2D eigenvalue weighted by atomic mass is 32.2. The fraction of sp³-hybridized carbons (Fsp3) is 0.211. The molecule has 138 valence electrons. The molecule has 0 atom stereocenters. The highest BCUT2D eigenvalue weighted by Gasteiger charge is 2.16. The van der Waals surface area contributed by atoms with E-state index in [-0.39, 0.29) is 11.7 Å². The topological polar surface area (TPSA) is 75.7 Å². The SMILES string of the molecule is C=CCOc1cccc(NC(=O)c2ccc(N(C)S(=O)(=O)CC)cc2)c1. The van der Waals surface area contributed by atoms with E-state index in [4.69, 9.17) is 4.74 Å². The summed E-state index contributed by atoms with van der Waals surface area (Å²) in [7, 11) is -1.84. The van der Waals surface area contributed by atoms with Gasteiger partial charge in [-0.1, -0.05) is 18.7 Å². The van der Waals surface area contributed by atoms with Crippen molar-refractivity contribution in [3.63, 3.8) is 0 Å². The zero-order valence-electron chi connectivity index (χ0n) is 14.8. The second-order valence-electron chi connectivity index (χ2n) is 5.50. The van der Waals surface area contributed by atoms with Crippen molar-refractivity contribution in [2.45, 2.75) is 6.92 Å². The normalized spacial score (nSPS) is 10.8. The van der Waals surface area contributed by atoms with Crippen LogP contribution >= 0.6 is 0 Å². The Bertz CT molecular complexity index is 877. The molecule has 2 aromatic carbocycles. The van der Waals surface area contributed by atoms with Gasteiger partial charge in [0.2, 0.25) is 10.0 Å². The molecule has 1 N–H and O–H groups in total. The second-order valence-corrected chi connectivity index (χ2v) is 7.79. The minimum atomic E-state index is -3.33. The molecule has 0 aliphatic heterocycles. The van der Waals surface area contributed by atoms with Gasteiger partial charge in [0, 0.05) is 24.4 Å². The molecule has 6 nitrogen and oxygen atoms in total. The minimum Gasteiger partial charge on any atom is -0.489 e. The lowest BCUT2D eigenvalue weighted by Crippen LogP contribution is -2.28. The molecule has 0 saturated carbocycles. The summed E-state index contributed by atoms with van der Waals surface area (Å²) in [6.07, 6.45) is 1.64. The molecular weight excluding hydrogens is 352 g/mol. The van der Waals surface area contributed by atoms with Crippen LogP contribution < -0.4 is 14.4 Å². The van der Waals surface area contributed by atoms with Crippen molar-refractivity contribution < 1.29 is 17.9 Å². The van der Waals surface area contributed by atoms with Gasteiger partial charge in [0.1, 0.15) is 12.4 Å². The van der Waals surface area contributed by atoms with Crippen molar-refractivity contribution in [3.05, 3.63) is 66.7 Å². The molecule has 2 rings (SSSR count). The Morgan fingerprint density at radius 1 is 1.23 bits per heavy atom. The summed E-state index contributed by atoms with van der Waals surface area (Å²) < 4.78 is 30.4. The van der Waals surface area contributed by atoms with E-state index in [0.717, 1.165) is 0 Å². The molecule has 26 heavy (non-hydrogen) atoms. The second kappa shape index (κ2) is 8.53. The van der Waals surface area contributed by atoms with Crippen LogP contribution in [0.5, 0.6) is 5.75 Å². The summed E-state index contributed by atoms with van der Waals surface area (Å²) in [5.74, 6) is 0.346. The molecule has 0 heterocycles. The summed E-state index contributed by atoms with van der Waals surface area (Å²) in [6, 6.07) is 13.4. The number of nitrogens with one attached hydrogen (secondary N) is 1. The lowest BCUT2D eigenvalue weighted by atomic mass is 10.2. The van der Waals surface area contributed by atoms with Gasteiger partial charge in [-0.25, -0.2) is 8.42 Å². The highest BCUT2D eigenvalue weighted by molar-refractivity contribution is 7.92. The number of ether oxygens (including phenoxy) is 1. The van der Waals surface area contributed by atoms with Crippen LogP contribution in [0.1, 0.15) is 17.3 Å².